The third-order valence-electron chi connectivity index (χ3n) is 15.2. The van der Waals surface area contributed by atoms with Gasteiger partial charge in [-0.15, -0.1) is 0 Å². The summed E-state index contributed by atoms with van der Waals surface area (Å²) in [5, 5.41) is 24.8. The molecule has 0 aliphatic heterocycles. The first kappa shape index (κ1) is 63.4. The molecule has 0 spiro atoms. The summed E-state index contributed by atoms with van der Waals surface area (Å²) in [6.07, 6.45) is 3.20. The number of hydrogen-bond donors (Lipinski definition) is 4. The molecular weight excluding hydrogens is 905 g/mol. The number of ketones is 3. The van der Waals surface area contributed by atoms with Crippen molar-refractivity contribution < 1.29 is 43.8 Å². The van der Waals surface area contributed by atoms with Crippen LogP contribution in [0.15, 0.2) is 60.7 Å². The van der Waals surface area contributed by atoms with Gasteiger partial charge in [-0.05, 0) is 95.5 Å². The minimum atomic E-state index is -1.05. The highest BCUT2D eigenvalue weighted by Crippen LogP contribution is 2.49. The van der Waals surface area contributed by atoms with Gasteiger partial charge in [0.05, 0.1) is 11.8 Å². The smallest absolute Gasteiger partial charge is 0.307 e. The first-order valence-electron chi connectivity index (χ1n) is 27.5. The van der Waals surface area contributed by atoms with Crippen LogP contribution in [0, 0.1) is 107 Å². The normalized spacial score (nSPS) is 26.6. The fourth-order valence-corrected chi connectivity index (χ4v) is 12.5. The summed E-state index contributed by atoms with van der Waals surface area (Å²) in [6.45, 7) is 33.9. The lowest BCUT2D eigenvalue weighted by Crippen LogP contribution is -2.38. The maximum absolute atomic E-state index is 12.9. The van der Waals surface area contributed by atoms with Gasteiger partial charge in [0.1, 0.15) is 17.3 Å². The number of carbonyl (C=O) groups is 7. The zero-order valence-corrected chi connectivity index (χ0v) is 47.1. The van der Waals surface area contributed by atoms with Crippen LogP contribution in [-0.4, -0.2) is 51.3 Å². The summed E-state index contributed by atoms with van der Waals surface area (Å²) in [7, 11) is 0. The van der Waals surface area contributed by atoms with Gasteiger partial charge in [0, 0.05) is 61.9 Å². The number of carboxylic acids is 2. The van der Waals surface area contributed by atoms with Gasteiger partial charge < -0.3 is 20.8 Å². The topological polar surface area (TPSA) is 184 Å². The van der Waals surface area contributed by atoms with E-state index in [-0.39, 0.29) is 83.1 Å². The second-order valence-corrected chi connectivity index (χ2v) is 23.4. The van der Waals surface area contributed by atoms with Gasteiger partial charge in [-0.1, -0.05) is 171 Å². The van der Waals surface area contributed by atoms with E-state index in [1.807, 2.05) is 102 Å². The van der Waals surface area contributed by atoms with Crippen molar-refractivity contribution in [3.05, 3.63) is 71.8 Å². The second-order valence-electron chi connectivity index (χ2n) is 23.4. The maximum atomic E-state index is 12.9. The fraction of sp³-hybridized carbons (Fsp3) is 0.689. The zero-order chi connectivity index (χ0) is 54.7. The molecule has 2 aromatic rings. The SMILES string of the molecule is CC.CC(C)CC(=O)C1C(C(=O)NCc2ccccc2)CC(C)[C@@H]1C(C)C.CC(C)CC(=O)C1C(C(=O)O)CC(C(=O)O)[C@@H]1C(C)C.CC(C)CC(=O)C1C(C)CC(C(=O)NCc2ccccc2)[C@@H]1C(C)C. The quantitative estimate of drug-likeness (QED) is 0.100. The van der Waals surface area contributed by atoms with E-state index in [0.717, 1.165) is 24.0 Å². The van der Waals surface area contributed by atoms with Crippen molar-refractivity contribution in [3.63, 3.8) is 0 Å². The highest BCUT2D eigenvalue weighted by molar-refractivity contribution is 5.90. The first-order valence-corrected chi connectivity index (χ1v) is 27.5. The fourth-order valence-electron chi connectivity index (χ4n) is 12.5. The van der Waals surface area contributed by atoms with E-state index in [1.54, 1.807) is 0 Å². The molecule has 3 aliphatic rings. The molecule has 2 aromatic carbocycles. The van der Waals surface area contributed by atoms with Crippen molar-refractivity contribution in [2.75, 3.05) is 0 Å². The second kappa shape index (κ2) is 30.5. The Kier molecular flexibility index (Phi) is 26.9. The molecular formula is C61H96N2O9. The molecule has 72 heavy (non-hydrogen) atoms. The van der Waals surface area contributed by atoms with Crippen LogP contribution in [0.4, 0.5) is 0 Å². The Bertz CT molecular complexity index is 2010. The van der Waals surface area contributed by atoms with E-state index in [0.29, 0.717) is 73.6 Å². The number of hydrogen-bond acceptors (Lipinski definition) is 7. The molecule has 0 saturated heterocycles. The number of amides is 2. The van der Waals surface area contributed by atoms with Crippen LogP contribution < -0.4 is 10.6 Å². The largest absolute Gasteiger partial charge is 0.481 e. The lowest BCUT2D eigenvalue weighted by atomic mass is 9.75. The number of carbonyl (C=O) groups excluding carboxylic acids is 5. The predicted molar refractivity (Wildman–Crippen MR) is 288 cm³/mol. The molecule has 0 radical (unpaired) electrons. The van der Waals surface area contributed by atoms with Crippen LogP contribution in [0.5, 0.6) is 0 Å². The highest BCUT2D eigenvalue weighted by atomic mass is 16.4. The molecule has 0 aromatic heterocycles. The Morgan fingerprint density at radius 1 is 0.444 bits per heavy atom. The molecule has 9 unspecified atom stereocenters. The van der Waals surface area contributed by atoms with Crippen LogP contribution in [-0.2, 0) is 46.7 Å². The van der Waals surface area contributed by atoms with Crippen molar-refractivity contribution in [3.8, 4) is 0 Å². The monoisotopic (exact) mass is 1000 g/mol. The number of Topliss-reactive ketones (excluding diaryl/α,β-unsaturated/α-hetero) is 3. The standard InChI is InChI=1S/2C22H33NO2.C15H24O5.C2H6/c1-14(2)11-19(24)21-16(5)12-18(20(21)15(3)4)22(25)23-13-17-9-7-6-8-10-17;1-14(2)11-19(24)21-18(12-16(5)20(21)15(3)4)22(25)23-13-17-9-7-6-8-10-17;1-7(2)5-11(16)13-10(15(19)20)6-9(14(17)18)12(13)8(3)4;1-2/h2*6-10,14-16,18,20-21H,11-13H2,1-5H3,(H,23,25);7-10,12-13H,5-6H2,1-4H3,(H,17,18)(H,19,20);1-2H3/t2*16?,18?,20-,21?;9?,10?,12-,13?;/m000./s1. The highest BCUT2D eigenvalue weighted by Gasteiger charge is 2.54. The maximum Gasteiger partial charge on any atom is 0.307 e. The molecule has 5 rings (SSSR count). The van der Waals surface area contributed by atoms with Gasteiger partial charge in [0.25, 0.3) is 0 Å². The summed E-state index contributed by atoms with van der Waals surface area (Å²) >= 11 is 0. The summed E-state index contributed by atoms with van der Waals surface area (Å²) < 4.78 is 0. The van der Waals surface area contributed by atoms with E-state index in [4.69, 9.17) is 0 Å². The molecule has 3 saturated carbocycles. The van der Waals surface area contributed by atoms with Crippen molar-refractivity contribution in [1.29, 1.82) is 0 Å². The average molecular weight is 1000 g/mol. The summed E-state index contributed by atoms with van der Waals surface area (Å²) in [5.41, 5.74) is 2.20. The van der Waals surface area contributed by atoms with Crippen LogP contribution in [0.1, 0.15) is 160 Å². The number of nitrogens with one attached hydrogen (secondary N) is 2. The molecule has 0 heterocycles. The van der Waals surface area contributed by atoms with Gasteiger partial charge in [0.15, 0.2) is 0 Å². The number of aliphatic carboxylic acids is 2. The summed E-state index contributed by atoms with van der Waals surface area (Å²) in [4.78, 5) is 86.6. The van der Waals surface area contributed by atoms with Crippen molar-refractivity contribution >= 4 is 41.1 Å². The summed E-state index contributed by atoms with van der Waals surface area (Å²) in [6, 6.07) is 19.9. The van der Waals surface area contributed by atoms with Crippen LogP contribution in [0.3, 0.4) is 0 Å². The van der Waals surface area contributed by atoms with E-state index in [1.165, 1.54) is 0 Å². The third-order valence-corrected chi connectivity index (χ3v) is 15.2. The summed E-state index contributed by atoms with van der Waals surface area (Å²) in [5.74, 6) is -1.66. The Labute approximate surface area is 434 Å². The van der Waals surface area contributed by atoms with Gasteiger partial charge in [0.2, 0.25) is 11.8 Å². The van der Waals surface area contributed by atoms with Crippen molar-refractivity contribution in [2.24, 2.45) is 107 Å². The Balaban J connectivity index is 0.000000366. The Morgan fingerprint density at radius 2 is 0.778 bits per heavy atom. The molecule has 2 amide bonds. The lowest BCUT2D eigenvalue weighted by Gasteiger charge is -2.28. The van der Waals surface area contributed by atoms with Crippen LogP contribution in [0.25, 0.3) is 0 Å². The zero-order valence-electron chi connectivity index (χ0n) is 47.1. The van der Waals surface area contributed by atoms with Gasteiger partial charge in [-0.3, -0.25) is 33.6 Å². The minimum Gasteiger partial charge on any atom is -0.481 e. The Morgan fingerprint density at radius 3 is 1.14 bits per heavy atom. The third kappa shape index (κ3) is 18.4. The van der Waals surface area contributed by atoms with Gasteiger partial charge >= 0.3 is 11.9 Å². The molecule has 0 bridgehead atoms. The number of benzene rings is 2. The van der Waals surface area contributed by atoms with Gasteiger partial charge in [-0.25, -0.2) is 0 Å². The average Bonchev–Trinajstić information content (AvgIpc) is 4.01. The predicted octanol–water partition coefficient (Wildman–Crippen LogP) is 12.2. The van der Waals surface area contributed by atoms with Crippen LogP contribution >= 0.6 is 0 Å². The first-order chi connectivity index (χ1) is 33.8. The van der Waals surface area contributed by atoms with Crippen molar-refractivity contribution in [1.82, 2.24) is 10.6 Å². The van der Waals surface area contributed by atoms with Crippen molar-refractivity contribution in [2.45, 2.75) is 162 Å². The minimum absolute atomic E-state index is 0.0230. The van der Waals surface area contributed by atoms with Gasteiger partial charge in [-0.2, -0.15) is 0 Å². The van der Waals surface area contributed by atoms with E-state index >= 15 is 0 Å². The van der Waals surface area contributed by atoms with E-state index < -0.39 is 29.7 Å². The van der Waals surface area contributed by atoms with E-state index in [9.17, 15) is 43.8 Å². The number of rotatable bonds is 20. The molecule has 404 valence electrons. The Hall–Kier alpha value is -4.67. The number of carboxylic acid groups (broad SMARTS) is 2. The molecule has 3 fully saturated rings. The van der Waals surface area contributed by atoms with Crippen LogP contribution in [0.2, 0.25) is 0 Å². The molecule has 4 N–H and O–H groups in total. The molecule has 11 heteroatoms. The lowest BCUT2D eigenvalue weighted by molar-refractivity contribution is -0.146. The molecule has 3 aliphatic carbocycles. The van der Waals surface area contributed by atoms with E-state index in [2.05, 4.69) is 79.9 Å². The molecule has 11 nitrogen and oxygen atoms in total. The molecule has 12 atom stereocenters.